The van der Waals surface area contributed by atoms with Gasteiger partial charge in [-0.1, -0.05) is 12.2 Å². The van der Waals surface area contributed by atoms with Gasteiger partial charge in [-0.25, -0.2) is 9.18 Å². The van der Waals surface area contributed by atoms with Gasteiger partial charge in [0.1, 0.15) is 5.82 Å². The molecular weight excluding hydrogens is 231 g/mol. The summed E-state index contributed by atoms with van der Waals surface area (Å²) in [6, 6.07) is 4.79. The Balaban J connectivity index is 2.82. The summed E-state index contributed by atoms with van der Waals surface area (Å²) in [6.45, 7) is 1.76. The Labute approximate surface area is 97.2 Å². The number of rotatable bonds is 4. The van der Waals surface area contributed by atoms with E-state index in [1.807, 2.05) is 0 Å². The van der Waals surface area contributed by atoms with Crippen LogP contribution in [-0.4, -0.2) is 23.2 Å². The molecule has 1 aromatic carbocycles. The van der Waals surface area contributed by atoms with Crippen LogP contribution in [0.1, 0.15) is 17.3 Å². The maximum Gasteiger partial charge on any atom is 0.353 e. The number of hydrogen-bond donors (Lipinski definition) is 0. The lowest BCUT2D eigenvalue weighted by Gasteiger charge is -2.02. The minimum Gasteiger partial charge on any atom is -0.462 e. The largest absolute Gasteiger partial charge is 0.462 e. The van der Waals surface area contributed by atoms with Crippen LogP contribution in [0.15, 0.2) is 24.3 Å². The average molecular weight is 240 g/mol. The van der Waals surface area contributed by atoms with Gasteiger partial charge < -0.3 is 4.74 Å². The van der Waals surface area contributed by atoms with E-state index in [4.69, 9.17) is 0 Å². The van der Waals surface area contributed by atoms with Crippen molar-refractivity contribution in [1.29, 1.82) is 0 Å². The summed E-state index contributed by atoms with van der Waals surface area (Å²) in [7, 11) is 0. The average Bonchev–Trinajstić information content (AvgIpc) is 2.28. The summed E-state index contributed by atoms with van der Waals surface area (Å²) in [5.41, 5.74) is 0.166. The molecule has 0 saturated carbocycles. The molecule has 0 spiro atoms. The number of Topliss-reactive ketones (excluding diaryl/α,β-unsaturated/α-hetero) is 1. The molecule has 0 aliphatic carbocycles. The van der Waals surface area contributed by atoms with E-state index in [2.05, 4.69) is 17.0 Å². The number of esters is 1. The van der Waals surface area contributed by atoms with Gasteiger partial charge in [-0.3, -0.25) is 4.79 Å². The molecule has 0 radical (unpaired) electrons. The van der Waals surface area contributed by atoms with Crippen molar-refractivity contribution in [3.63, 3.8) is 0 Å². The predicted molar refractivity (Wildman–Crippen MR) is 60.0 cm³/mol. The smallest absolute Gasteiger partial charge is 0.353 e. The van der Waals surface area contributed by atoms with Gasteiger partial charge in [0.2, 0.25) is 5.78 Å². The Morgan fingerprint density at radius 2 is 1.88 bits per heavy atom. The van der Waals surface area contributed by atoms with Gasteiger partial charge in [0.05, 0.1) is 6.61 Å². The van der Waals surface area contributed by atoms with Gasteiger partial charge in [0.25, 0.3) is 0 Å². The first-order valence-corrected chi connectivity index (χ1v) is 4.98. The van der Waals surface area contributed by atoms with Crippen molar-refractivity contribution < 1.29 is 18.7 Å². The number of hydrogen-bond acceptors (Lipinski definition) is 4. The predicted octanol–water partition coefficient (Wildman–Crippen LogP) is 1.94. The number of benzene rings is 1. The second-order valence-electron chi connectivity index (χ2n) is 2.89. The van der Waals surface area contributed by atoms with E-state index in [0.717, 1.165) is 12.1 Å². The Hall–Kier alpha value is -1.62. The number of thiocarbonyl (C=S) groups is 1. The third-order valence-electron chi connectivity index (χ3n) is 1.77. The van der Waals surface area contributed by atoms with Gasteiger partial charge in [-0.2, -0.15) is 0 Å². The minimum atomic E-state index is -0.827. The van der Waals surface area contributed by atoms with Crippen LogP contribution in [0.4, 0.5) is 4.39 Å². The number of carbonyl (C=O) groups excluding carboxylic acids is 2. The lowest BCUT2D eigenvalue weighted by atomic mass is 10.1. The molecule has 0 saturated heterocycles. The lowest BCUT2D eigenvalue weighted by molar-refractivity contribution is -0.134. The number of halogens is 1. The number of ether oxygens (including phenoxy) is 1. The maximum atomic E-state index is 12.6. The second kappa shape index (κ2) is 5.46. The molecule has 0 fully saturated rings. The topological polar surface area (TPSA) is 43.4 Å². The Morgan fingerprint density at radius 1 is 1.31 bits per heavy atom. The quantitative estimate of drug-likeness (QED) is 0.349. The lowest BCUT2D eigenvalue weighted by Crippen LogP contribution is -2.24. The van der Waals surface area contributed by atoms with Crippen LogP contribution in [0.25, 0.3) is 0 Å². The monoisotopic (exact) mass is 240 g/mol. The molecule has 3 nitrogen and oxygen atoms in total. The van der Waals surface area contributed by atoms with Crippen molar-refractivity contribution in [2.45, 2.75) is 6.92 Å². The number of carbonyl (C=O) groups is 2. The zero-order valence-corrected chi connectivity index (χ0v) is 9.34. The highest BCUT2D eigenvalue weighted by atomic mass is 32.1. The van der Waals surface area contributed by atoms with Crippen LogP contribution < -0.4 is 0 Å². The highest BCUT2D eigenvalue weighted by Crippen LogP contribution is 2.05. The molecular formula is C11H9FO3S. The maximum absolute atomic E-state index is 12.6. The van der Waals surface area contributed by atoms with Crippen LogP contribution in [0.2, 0.25) is 0 Å². The van der Waals surface area contributed by atoms with Crippen molar-refractivity contribution in [2.75, 3.05) is 6.61 Å². The molecule has 5 heteroatoms. The van der Waals surface area contributed by atoms with E-state index in [0.29, 0.717) is 0 Å². The Kier molecular flexibility index (Phi) is 4.25. The van der Waals surface area contributed by atoms with Gasteiger partial charge in [-0.15, -0.1) is 0 Å². The third kappa shape index (κ3) is 2.93. The molecule has 0 atom stereocenters. The second-order valence-corrected chi connectivity index (χ2v) is 3.29. The summed E-state index contributed by atoms with van der Waals surface area (Å²) in [5, 5.41) is 0. The summed E-state index contributed by atoms with van der Waals surface area (Å²) >= 11 is 4.66. The zero-order chi connectivity index (χ0) is 12.1. The normalized spacial score (nSPS) is 9.62. The van der Waals surface area contributed by atoms with Gasteiger partial charge in [0, 0.05) is 5.56 Å². The number of ketones is 1. The first kappa shape index (κ1) is 12.4. The molecule has 0 bridgehead atoms. The van der Waals surface area contributed by atoms with E-state index in [9.17, 15) is 14.0 Å². The molecule has 0 N–H and O–H groups in total. The third-order valence-corrected chi connectivity index (χ3v) is 2.13. The first-order valence-electron chi connectivity index (χ1n) is 4.57. The Morgan fingerprint density at radius 3 is 2.38 bits per heavy atom. The van der Waals surface area contributed by atoms with Crippen molar-refractivity contribution in [2.24, 2.45) is 0 Å². The van der Waals surface area contributed by atoms with Crippen LogP contribution in [0.5, 0.6) is 0 Å². The summed E-state index contributed by atoms with van der Waals surface area (Å²) < 4.78 is 17.2. The van der Waals surface area contributed by atoms with Crippen LogP contribution in [0.3, 0.4) is 0 Å². The van der Waals surface area contributed by atoms with Crippen molar-refractivity contribution in [3.05, 3.63) is 35.6 Å². The summed E-state index contributed by atoms with van der Waals surface area (Å²) in [5.74, 6) is -1.92. The van der Waals surface area contributed by atoms with Crippen molar-refractivity contribution >= 4 is 28.8 Å². The van der Waals surface area contributed by atoms with E-state index in [1.165, 1.54) is 12.1 Å². The zero-order valence-electron chi connectivity index (χ0n) is 8.53. The first-order chi connectivity index (χ1) is 7.56. The molecule has 0 aromatic heterocycles. The van der Waals surface area contributed by atoms with Crippen molar-refractivity contribution in [3.8, 4) is 0 Å². The SMILES string of the molecule is CCOC(=O)C(=S)C(=O)c1ccc(F)cc1. The van der Waals surface area contributed by atoms with E-state index < -0.39 is 22.4 Å². The van der Waals surface area contributed by atoms with Crippen LogP contribution in [0, 0.1) is 5.82 Å². The molecule has 0 unspecified atom stereocenters. The highest BCUT2D eigenvalue weighted by molar-refractivity contribution is 7.84. The fourth-order valence-electron chi connectivity index (χ4n) is 1.02. The molecule has 0 amide bonds. The van der Waals surface area contributed by atoms with E-state index in [1.54, 1.807) is 6.92 Å². The molecule has 0 heterocycles. The van der Waals surface area contributed by atoms with Gasteiger partial charge in [0.15, 0.2) is 4.86 Å². The van der Waals surface area contributed by atoms with Crippen LogP contribution in [-0.2, 0) is 9.53 Å². The fraction of sp³-hybridized carbons (Fsp3) is 0.182. The van der Waals surface area contributed by atoms with Gasteiger partial charge >= 0.3 is 5.97 Å². The minimum absolute atomic E-state index is 0.148. The molecule has 16 heavy (non-hydrogen) atoms. The fourth-order valence-corrected chi connectivity index (χ4v) is 1.20. The summed E-state index contributed by atoms with van der Waals surface area (Å²) in [6.07, 6.45) is 0. The molecule has 1 aromatic rings. The Bertz CT molecular complexity index is 425. The van der Waals surface area contributed by atoms with E-state index >= 15 is 0 Å². The molecule has 84 valence electrons. The molecule has 0 aliphatic rings. The highest BCUT2D eigenvalue weighted by Gasteiger charge is 2.20. The summed E-state index contributed by atoms with van der Waals surface area (Å²) in [4.78, 5) is 22.4. The molecule has 0 aliphatic heterocycles. The van der Waals surface area contributed by atoms with Crippen LogP contribution >= 0.6 is 12.2 Å². The van der Waals surface area contributed by atoms with Crippen molar-refractivity contribution in [1.82, 2.24) is 0 Å². The standard InChI is InChI=1S/C11H9FO3S/c1-2-15-11(14)10(16)9(13)7-3-5-8(12)6-4-7/h3-6H,2H2,1H3. The molecule has 1 rings (SSSR count). The van der Waals surface area contributed by atoms with Gasteiger partial charge in [-0.05, 0) is 31.2 Å². The van der Waals surface area contributed by atoms with E-state index in [-0.39, 0.29) is 12.2 Å².